The lowest BCUT2D eigenvalue weighted by Crippen LogP contribution is -2.42. The fourth-order valence-electron chi connectivity index (χ4n) is 5.20. The minimum atomic E-state index is -0.914. The molecule has 8 heteroatoms. The lowest BCUT2D eigenvalue weighted by Gasteiger charge is -2.34. The number of carbonyl (C=O) groups is 2. The minimum absolute atomic E-state index is 0.00758. The Morgan fingerprint density at radius 1 is 1.08 bits per heavy atom. The SMILES string of the molecule is COC(=O)N1c2ccc3c(nc(CC(C(=O)O)c4ccccc4)n3-c3cccc(OC)c3)c2CCC1C. The molecule has 190 valence electrons. The molecule has 5 rings (SSSR count). The summed E-state index contributed by atoms with van der Waals surface area (Å²) in [7, 11) is 2.99. The summed E-state index contributed by atoms with van der Waals surface area (Å²) >= 11 is 0. The average Bonchev–Trinajstić information content (AvgIpc) is 3.30. The predicted octanol–water partition coefficient (Wildman–Crippen LogP) is 5.35. The van der Waals surface area contributed by atoms with Crippen molar-refractivity contribution in [3.63, 3.8) is 0 Å². The zero-order chi connectivity index (χ0) is 26.1. The van der Waals surface area contributed by atoms with Crippen LogP contribution >= 0.6 is 0 Å². The van der Waals surface area contributed by atoms with Crippen LogP contribution in [0.15, 0.2) is 66.7 Å². The summed E-state index contributed by atoms with van der Waals surface area (Å²) in [6.07, 6.45) is 1.30. The van der Waals surface area contributed by atoms with Crippen LogP contribution in [0.2, 0.25) is 0 Å². The van der Waals surface area contributed by atoms with Gasteiger partial charge < -0.3 is 14.6 Å². The van der Waals surface area contributed by atoms with Crippen molar-refractivity contribution in [2.75, 3.05) is 19.1 Å². The van der Waals surface area contributed by atoms with Crippen LogP contribution in [0.1, 0.15) is 36.2 Å². The third-order valence-electron chi connectivity index (χ3n) is 7.06. The van der Waals surface area contributed by atoms with E-state index in [0.29, 0.717) is 17.1 Å². The lowest BCUT2D eigenvalue weighted by atomic mass is 9.95. The van der Waals surface area contributed by atoms with Crippen molar-refractivity contribution in [2.45, 2.75) is 38.1 Å². The highest BCUT2D eigenvalue weighted by molar-refractivity contribution is 5.96. The van der Waals surface area contributed by atoms with Crippen molar-refractivity contribution in [1.82, 2.24) is 9.55 Å². The number of hydrogen-bond donors (Lipinski definition) is 1. The quantitative estimate of drug-likeness (QED) is 0.384. The second kappa shape index (κ2) is 9.97. The van der Waals surface area contributed by atoms with Crippen LogP contribution in [0.3, 0.4) is 0 Å². The van der Waals surface area contributed by atoms with Crippen molar-refractivity contribution < 1.29 is 24.2 Å². The molecule has 1 amide bonds. The number of carboxylic acids is 1. The molecule has 1 aliphatic heterocycles. The van der Waals surface area contributed by atoms with Crippen molar-refractivity contribution in [3.05, 3.63) is 83.7 Å². The first-order valence-corrected chi connectivity index (χ1v) is 12.3. The molecular formula is C29H29N3O5. The summed E-state index contributed by atoms with van der Waals surface area (Å²) in [6, 6.07) is 20.7. The molecule has 0 bridgehead atoms. The number of amides is 1. The second-order valence-electron chi connectivity index (χ2n) is 9.23. The Morgan fingerprint density at radius 3 is 2.57 bits per heavy atom. The molecule has 1 aromatic heterocycles. The van der Waals surface area contributed by atoms with Gasteiger partial charge in [0.1, 0.15) is 11.6 Å². The Morgan fingerprint density at radius 2 is 1.86 bits per heavy atom. The van der Waals surface area contributed by atoms with Gasteiger partial charge in [-0.05, 0) is 49.6 Å². The Balaban J connectivity index is 1.72. The maximum absolute atomic E-state index is 12.6. The van der Waals surface area contributed by atoms with Gasteiger partial charge in [-0.3, -0.25) is 14.3 Å². The van der Waals surface area contributed by atoms with E-state index in [1.165, 1.54) is 7.11 Å². The normalized spacial score (nSPS) is 15.8. The molecule has 2 atom stereocenters. The van der Waals surface area contributed by atoms with E-state index in [1.807, 2.05) is 78.2 Å². The fourth-order valence-corrected chi connectivity index (χ4v) is 5.20. The average molecular weight is 500 g/mol. The van der Waals surface area contributed by atoms with Gasteiger partial charge in [-0.2, -0.15) is 0 Å². The zero-order valence-corrected chi connectivity index (χ0v) is 21.0. The monoisotopic (exact) mass is 499 g/mol. The number of aryl methyl sites for hydroxylation is 1. The van der Waals surface area contributed by atoms with Crippen molar-refractivity contribution in [2.24, 2.45) is 0 Å². The van der Waals surface area contributed by atoms with Gasteiger partial charge in [0.2, 0.25) is 0 Å². The van der Waals surface area contributed by atoms with Crippen LogP contribution in [-0.4, -0.2) is 47.0 Å². The van der Waals surface area contributed by atoms with Gasteiger partial charge in [0.15, 0.2) is 0 Å². The van der Waals surface area contributed by atoms with Crippen LogP contribution in [0, 0.1) is 0 Å². The second-order valence-corrected chi connectivity index (χ2v) is 9.23. The molecule has 0 saturated heterocycles. The number of nitrogens with zero attached hydrogens (tertiary/aromatic N) is 3. The van der Waals surface area contributed by atoms with Crippen molar-refractivity contribution in [1.29, 1.82) is 0 Å². The summed E-state index contributed by atoms with van der Waals surface area (Å²) in [5, 5.41) is 10.1. The third-order valence-corrected chi connectivity index (χ3v) is 7.06. The first-order chi connectivity index (χ1) is 17.9. The van der Waals surface area contributed by atoms with Gasteiger partial charge in [-0.25, -0.2) is 9.78 Å². The molecule has 1 N–H and O–H groups in total. The van der Waals surface area contributed by atoms with Crippen LogP contribution in [0.4, 0.5) is 10.5 Å². The number of ether oxygens (including phenoxy) is 2. The summed E-state index contributed by atoms with van der Waals surface area (Å²) < 4.78 is 12.5. The number of hydrogen-bond acceptors (Lipinski definition) is 5. The summed E-state index contributed by atoms with van der Waals surface area (Å²) in [6.45, 7) is 2.00. The number of imidazole rings is 1. The number of carboxylic acid groups (broad SMARTS) is 1. The van der Waals surface area contributed by atoms with E-state index in [2.05, 4.69) is 0 Å². The van der Waals surface area contributed by atoms with Crippen LogP contribution in [0.5, 0.6) is 5.75 Å². The van der Waals surface area contributed by atoms with E-state index >= 15 is 0 Å². The summed E-state index contributed by atoms with van der Waals surface area (Å²) in [5.74, 6) is -0.379. The number of aliphatic carboxylic acids is 1. The first kappa shape index (κ1) is 24.4. The first-order valence-electron chi connectivity index (χ1n) is 12.3. The maximum Gasteiger partial charge on any atom is 0.414 e. The molecule has 0 spiro atoms. The van der Waals surface area contributed by atoms with Crippen LogP contribution in [0.25, 0.3) is 16.7 Å². The molecule has 2 heterocycles. The van der Waals surface area contributed by atoms with Crippen LogP contribution in [-0.2, 0) is 22.4 Å². The van der Waals surface area contributed by atoms with Gasteiger partial charge in [0.25, 0.3) is 0 Å². The molecule has 8 nitrogen and oxygen atoms in total. The number of rotatable bonds is 6. The fraction of sp³-hybridized carbons (Fsp3) is 0.276. The topological polar surface area (TPSA) is 93.9 Å². The number of methoxy groups -OCH3 is 2. The highest BCUT2D eigenvalue weighted by Crippen LogP contribution is 2.38. The number of benzene rings is 3. The minimum Gasteiger partial charge on any atom is -0.497 e. The largest absolute Gasteiger partial charge is 0.497 e. The van der Waals surface area contributed by atoms with Crippen molar-refractivity contribution in [3.8, 4) is 11.4 Å². The number of aromatic nitrogens is 2. The van der Waals surface area contributed by atoms with E-state index in [1.54, 1.807) is 12.0 Å². The molecule has 0 radical (unpaired) electrons. The smallest absolute Gasteiger partial charge is 0.414 e. The molecule has 0 aliphatic carbocycles. The molecular weight excluding hydrogens is 470 g/mol. The molecule has 4 aromatic rings. The van der Waals surface area contributed by atoms with E-state index in [-0.39, 0.29) is 12.5 Å². The molecule has 37 heavy (non-hydrogen) atoms. The van der Waals surface area contributed by atoms with Crippen LogP contribution < -0.4 is 9.64 Å². The highest BCUT2D eigenvalue weighted by atomic mass is 16.5. The number of carbonyl (C=O) groups excluding carboxylic acids is 1. The Labute approximate surface area is 215 Å². The molecule has 3 aromatic carbocycles. The molecule has 0 fully saturated rings. The Kier molecular flexibility index (Phi) is 6.56. The Hall–Kier alpha value is -4.33. The van der Waals surface area contributed by atoms with E-state index in [0.717, 1.165) is 40.8 Å². The molecule has 2 unspecified atom stereocenters. The summed E-state index contributed by atoms with van der Waals surface area (Å²) in [4.78, 5) is 31.7. The van der Waals surface area contributed by atoms with Gasteiger partial charge in [0, 0.05) is 24.1 Å². The maximum atomic E-state index is 12.6. The summed E-state index contributed by atoms with van der Waals surface area (Å²) in [5.41, 5.74) is 4.87. The van der Waals surface area contributed by atoms with Crippen molar-refractivity contribution >= 4 is 28.8 Å². The van der Waals surface area contributed by atoms with Gasteiger partial charge in [-0.15, -0.1) is 0 Å². The lowest BCUT2D eigenvalue weighted by molar-refractivity contribution is -0.138. The molecule has 0 saturated carbocycles. The van der Waals surface area contributed by atoms with Gasteiger partial charge >= 0.3 is 12.1 Å². The third kappa shape index (κ3) is 4.39. The molecule has 1 aliphatic rings. The Bertz CT molecular complexity index is 1460. The highest BCUT2D eigenvalue weighted by Gasteiger charge is 2.32. The number of fused-ring (bicyclic) bond motifs is 3. The van der Waals surface area contributed by atoms with E-state index in [9.17, 15) is 14.7 Å². The zero-order valence-electron chi connectivity index (χ0n) is 21.0. The van der Waals surface area contributed by atoms with E-state index in [4.69, 9.17) is 14.5 Å². The number of anilines is 1. The van der Waals surface area contributed by atoms with Gasteiger partial charge in [-0.1, -0.05) is 36.4 Å². The van der Waals surface area contributed by atoms with Gasteiger partial charge in [0.05, 0.1) is 42.5 Å². The predicted molar refractivity (Wildman–Crippen MR) is 141 cm³/mol. The standard InChI is InChI=1S/C29H29N3O5/c1-18-12-13-22-24(31(18)29(35)37-3)14-15-25-27(22)30-26(32(25)20-10-7-11-21(16-20)36-2)17-23(28(33)34)19-8-5-4-6-9-19/h4-11,14-16,18,23H,12-13,17H2,1-3H3,(H,33,34). The van der Waals surface area contributed by atoms with E-state index < -0.39 is 18.0 Å².